The maximum absolute atomic E-state index is 14.9. The van der Waals surface area contributed by atoms with Gasteiger partial charge in [-0.1, -0.05) is 115 Å². The monoisotopic (exact) mass is 532 g/mol. The van der Waals surface area contributed by atoms with Crippen molar-refractivity contribution < 1.29 is 9.90 Å². The Morgan fingerprint density at radius 3 is 1.85 bits per heavy atom. The molecule has 0 saturated heterocycles. The Morgan fingerprint density at radius 2 is 1.15 bits per heavy atom. The van der Waals surface area contributed by atoms with Crippen molar-refractivity contribution in [3.05, 3.63) is 162 Å². The molecule has 0 aliphatic heterocycles. The SMILES string of the molecule is O=C(c1cn(Cc2ccccc2)c2ccccc12)c1c(-c2ccccc2O)c2ccccc2n1Cc1ccccc1. The molecule has 5 aromatic carbocycles. The number of phenolic OH excluding ortho intramolecular Hbond substituents is 1. The first-order valence-electron chi connectivity index (χ1n) is 13.8. The largest absolute Gasteiger partial charge is 0.507 e. The number of hydrogen-bond acceptors (Lipinski definition) is 2. The van der Waals surface area contributed by atoms with Gasteiger partial charge in [0.2, 0.25) is 5.78 Å². The van der Waals surface area contributed by atoms with Gasteiger partial charge >= 0.3 is 0 Å². The predicted octanol–water partition coefficient (Wildman–Crippen LogP) is 8.30. The molecule has 0 unspecified atom stereocenters. The van der Waals surface area contributed by atoms with E-state index in [0.29, 0.717) is 29.9 Å². The van der Waals surface area contributed by atoms with Gasteiger partial charge in [0.15, 0.2) is 0 Å². The van der Waals surface area contributed by atoms with Crippen LogP contribution in [-0.2, 0) is 13.1 Å². The number of ketones is 1. The second-order valence-electron chi connectivity index (χ2n) is 10.3. The zero-order valence-corrected chi connectivity index (χ0v) is 22.4. The number of fused-ring (bicyclic) bond motifs is 2. The number of carbonyl (C=O) groups excluding carboxylic acids is 1. The molecule has 1 N–H and O–H groups in total. The van der Waals surface area contributed by atoms with E-state index in [0.717, 1.165) is 32.9 Å². The number of carbonyl (C=O) groups is 1. The Morgan fingerprint density at radius 1 is 0.585 bits per heavy atom. The summed E-state index contributed by atoms with van der Waals surface area (Å²) in [7, 11) is 0. The summed E-state index contributed by atoms with van der Waals surface area (Å²) >= 11 is 0. The molecule has 7 rings (SSSR count). The van der Waals surface area contributed by atoms with Gasteiger partial charge in [0.25, 0.3) is 0 Å². The molecule has 4 nitrogen and oxygen atoms in total. The molecule has 41 heavy (non-hydrogen) atoms. The molecule has 0 aliphatic carbocycles. The highest BCUT2D eigenvalue weighted by Crippen LogP contribution is 2.41. The summed E-state index contributed by atoms with van der Waals surface area (Å²) in [4.78, 5) is 14.9. The van der Waals surface area contributed by atoms with Gasteiger partial charge in [0.05, 0.1) is 5.69 Å². The van der Waals surface area contributed by atoms with E-state index in [-0.39, 0.29) is 11.5 Å². The van der Waals surface area contributed by atoms with Crippen LogP contribution in [0.5, 0.6) is 5.75 Å². The third-order valence-corrected chi connectivity index (χ3v) is 7.77. The average Bonchev–Trinajstić information content (AvgIpc) is 3.54. The van der Waals surface area contributed by atoms with Crippen LogP contribution < -0.4 is 0 Å². The van der Waals surface area contributed by atoms with Crippen LogP contribution in [0.2, 0.25) is 0 Å². The molecule has 0 aliphatic rings. The first-order chi connectivity index (χ1) is 20.2. The highest BCUT2D eigenvalue weighted by Gasteiger charge is 2.28. The zero-order valence-electron chi connectivity index (χ0n) is 22.4. The lowest BCUT2D eigenvalue weighted by Gasteiger charge is -2.13. The quantitative estimate of drug-likeness (QED) is 0.210. The van der Waals surface area contributed by atoms with Crippen LogP contribution in [0.25, 0.3) is 32.9 Å². The Balaban J connectivity index is 1.49. The summed E-state index contributed by atoms with van der Waals surface area (Å²) in [6.07, 6.45) is 1.99. The lowest BCUT2D eigenvalue weighted by molar-refractivity contribution is 0.103. The van der Waals surface area contributed by atoms with Gasteiger partial charge in [0, 0.05) is 57.8 Å². The smallest absolute Gasteiger partial charge is 0.212 e. The molecule has 4 heteroatoms. The van der Waals surface area contributed by atoms with Gasteiger partial charge in [-0.25, -0.2) is 0 Å². The van der Waals surface area contributed by atoms with Gasteiger partial charge in [-0.2, -0.15) is 0 Å². The standard InChI is InChI=1S/C37H28N2O2/c40-34-22-12-9-19-30(34)35-29-18-8-11-21-33(29)39(24-27-15-5-2-6-16-27)36(35)37(41)31-25-38(23-26-13-3-1-4-14-26)32-20-10-7-17-28(31)32/h1-22,25,40H,23-24H2. The lowest BCUT2D eigenvalue weighted by atomic mass is 9.96. The molecule has 0 atom stereocenters. The van der Waals surface area contributed by atoms with Crippen LogP contribution in [0.3, 0.4) is 0 Å². The lowest BCUT2D eigenvalue weighted by Crippen LogP contribution is -2.12. The Labute approximate surface area is 238 Å². The van der Waals surface area contributed by atoms with E-state index < -0.39 is 0 Å². The zero-order chi connectivity index (χ0) is 27.8. The van der Waals surface area contributed by atoms with Gasteiger partial charge in [-0.05, 0) is 29.3 Å². The van der Waals surface area contributed by atoms with Crippen LogP contribution in [0.4, 0.5) is 0 Å². The van der Waals surface area contributed by atoms with Crippen LogP contribution >= 0.6 is 0 Å². The first kappa shape index (κ1) is 24.7. The second-order valence-corrected chi connectivity index (χ2v) is 10.3. The summed E-state index contributed by atoms with van der Waals surface area (Å²) in [6.45, 7) is 1.19. The van der Waals surface area contributed by atoms with E-state index in [1.54, 1.807) is 12.1 Å². The van der Waals surface area contributed by atoms with Crippen molar-refractivity contribution in [2.75, 3.05) is 0 Å². The van der Waals surface area contributed by atoms with Gasteiger partial charge in [-0.15, -0.1) is 0 Å². The number of nitrogens with zero attached hydrogens (tertiary/aromatic N) is 2. The summed E-state index contributed by atoms with van der Waals surface area (Å²) in [5.74, 6) is 0.0778. The van der Waals surface area contributed by atoms with Crippen molar-refractivity contribution >= 4 is 27.6 Å². The minimum atomic E-state index is -0.0709. The van der Waals surface area contributed by atoms with Gasteiger partial charge in [-0.3, -0.25) is 4.79 Å². The highest BCUT2D eigenvalue weighted by atomic mass is 16.3. The van der Waals surface area contributed by atoms with Crippen LogP contribution in [-0.4, -0.2) is 20.0 Å². The number of phenols is 1. The van der Waals surface area contributed by atoms with Crippen molar-refractivity contribution in [3.63, 3.8) is 0 Å². The minimum absolute atomic E-state index is 0.0709. The number of aromatic hydroxyl groups is 1. The molecule has 7 aromatic rings. The summed E-state index contributed by atoms with van der Waals surface area (Å²) < 4.78 is 4.26. The maximum Gasteiger partial charge on any atom is 0.212 e. The Kier molecular flexibility index (Phi) is 6.21. The molecule has 198 valence electrons. The van der Waals surface area contributed by atoms with Crippen molar-refractivity contribution in [3.8, 4) is 16.9 Å². The number of hydrogen-bond donors (Lipinski definition) is 1. The molecular formula is C37H28N2O2. The van der Waals surface area contributed by atoms with Gasteiger partial charge < -0.3 is 14.2 Å². The van der Waals surface area contributed by atoms with Crippen molar-refractivity contribution in [2.24, 2.45) is 0 Å². The molecule has 2 heterocycles. The third-order valence-electron chi connectivity index (χ3n) is 7.77. The fraction of sp³-hybridized carbons (Fsp3) is 0.0541. The number of rotatable bonds is 7. The van der Waals surface area contributed by atoms with Crippen molar-refractivity contribution in [1.29, 1.82) is 0 Å². The van der Waals surface area contributed by atoms with Gasteiger partial charge in [0.1, 0.15) is 5.75 Å². The molecule has 2 aromatic heterocycles. The van der Waals surface area contributed by atoms with Crippen molar-refractivity contribution in [1.82, 2.24) is 9.13 Å². The van der Waals surface area contributed by atoms with E-state index in [9.17, 15) is 9.90 Å². The van der Waals surface area contributed by atoms with Crippen LogP contribution in [0.1, 0.15) is 27.2 Å². The summed E-state index contributed by atoms with van der Waals surface area (Å²) in [6, 6.07) is 43.9. The number of para-hydroxylation sites is 3. The summed E-state index contributed by atoms with van der Waals surface area (Å²) in [5.41, 5.74) is 6.83. The van der Waals surface area contributed by atoms with E-state index in [1.807, 2.05) is 91.1 Å². The summed E-state index contributed by atoms with van der Waals surface area (Å²) in [5, 5.41) is 12.9. The Bertz CT molecular complexity index is 2020. The van der Waals surface area contributed by atoms with E-state index in [1.165, 1.54) is 5.56 Å². The molecule has 0 radical (unpaired) electrons. The molecule has 0 saturated carbocycles. The molecular weight excluding hydrogens is 504 g/mol. The van der Waals surface area contributed by atoms with Crippen molar-refractivity contribution in [2.45, 2.75) is 13.1 Å². The fourth-order valence-corrected chi connectivity index (χ4v) is 5.89. The average molecular weight is 533 g/mol. The molecule has 0 amide bonds. The molecule has 0 spiro atoms. The number of benzene rings is 5. The predicted molar refractivity (Wildman–Crippen MR) is 165 cm³/mol. The second kappa shape index (κ2) is 10.3. The fourth-order valence-electron chi connectivity index (χ4n) is 5.89. The first-order valence-corrected chi connectivity index (χ1v) is 13.8. The molecule has 0 fully saturated rings. The maximum atomic E-state index is 14.9. The van der Waals surface area contributed by atoms with Crippen LogP contribution in [0.15, 0.2) is 140 Å². The Hall–Kier alpha value is -5.35. The van der Waals surface area contributed by atoms with E-state index >= 15 is 0 Å². The van der Waals surface area contributed by atoms with E-state index in [2.05, 4.69) is 45.5 Å². The number of aromatic nitrogens is 2. The van der Waals surface area contributed by atoms with E-state index in [4.69, 9.17) is 0 Å². The topological polar surface area (TPSA) is 47.2 Å². The normalized spacial score (nSPS) is 11.3. The molecule has 0 bridgehead atoms. The third kappa shape index (κ3) is 4.40. The van der Waals surface area contributed by atoms with Crippen LogP contribution in [0, 0.1) is 0 Å². The minimum Gasteiger partial charge on any atom is -0.507 e. The highest BCUT2D eigenvalue weighted by molar-refractivity contribution is 6.22.